The quantitative estimate of drug-likeness (QED) is 0.763. The van der Waals surface area contributed by atoms with Crippen LogP contribution in [0.15, 0.2) is 15.5 Å². The average molecular weight is 425 g/mol. The minimum Gasteiger partial charge on any atom is -0.353 e. The summed E-state index contributed by atoms with van der Waals surface area (Å²) in [6, 6.07) is 1.96. The van der Waals surface area contributed by atoms with Crippen molar-refractivity contribution in [3.63, 3.8) is 0 Å². The van der Waals surface area contributed by atoms with Crippen molar-refractivity contribution < 1.29 is 17.7 Å². The highest BCUT2D eigenvalue weighted by atomic mass is 32.2. The van der Waals surface area contributed by atoms with Gasteiger partial charge in [-0.05, 0) is 38.7 Å². The highest BCUT2D eigenvalue weighted by Crippen LogP contribution is 2.35. The lowest BCUT2D eigenvalue weighted by molar-refractivity contribution is -0.126. The predicted molar refractivity (Wildman–Crippen MR) is 104 cm³/mol. The van der Waals surface area contributed by atoms with E-state index in [1.807, 2.05) is 6.92 Å². The van der Waals surface area contributed by atoms with Crippen molar-refractivity contribution in [2.75, 3.05) is 13.1 Å². The molecule has 0 radical (unpaired) electrons. The van der Waals surface area contributed by atoms with Gasteiger partial charge in [0.05, 0.1) is 9.77 Å². The number of piperidine rings is 1. The second-order valence-electron chi connectivity index (χ2n) is 7.36. The number of carbonyl (C=O) groups excluding carboxylic acids is 1. The van der Waals surface area contributed by atoms with Crippen molar-refractivity contribution >= 4 is 27.3 Å². The summed E-state index contributed by atoms with van der Waals surface area (Å²) in [5.74, 6) is 0.911. The maximum Gasteiger partial charge on any atom is 0.244 e. The Balaban J connectivity index is 1.47. The lowest BCUT2D eigenvalue weighted by Gasteiger charge is -2.30. The molecule has 10 heteroatoms. The molecular formula is C18H24N4O4S2. The third-order valence-electron chi connectivity index (χ3n) is 5.23. The van der Waals surface area contributed by atoms with Gasteiger partial charge in [0, 0.05) is 36.3 Å². The third kappa shape index (κ3) is 3.85. The van der Waals surface area contributed by atoms with E-state index in [1.54, 1.807) is 13.0 Å². The molecule has 0 unspecified atom stereocenters. The van der Waals surface area contributed by atoms with Crippen LogP contribution in [0.4, 0.5) is 0 Å². The summed E-state index contributed by atoms with van der Waals surface area (Å²) in [6.07, 6.45) is 3.85. The third-order valence-corrected chi connectivity index (χ3v) is 8.43. The van der Waals surface area contributed by atoms with Gasteiger partial charge in [0.1, 0.15) is 0 Å². The summed E-state index contributed by atoms with van der Waals surface area (Å²) in [7, 11) is -3.61. The molecule has 0 bridgehead atoms. The number of aromatic nitrogens is 2. The van der Waals surface area contributed by atoms with Gasteiger partial charge in [-0.25, -0.2) is 8.42 Å². The average Bonchev–Trinajstić information content (AvgIpc) is 3.21. The number of nitrogens with zero attached hydrogens (tertiary/aromatic N) is 3. The summed E-state index contributed by atoms with van der Waals surface area (Å²) >= 11 is 1.35. The Morgan fingerprint density at radius 2 is 2.04 bits per heavy atom. The molecule has 0 spiro atoms. The Hall–Kier alpha value is -1.78. The fourth-order valence-corrected chi connectivity index (χ4v) is 6.33. The number of hydrogen-bond donors (Lipinski definition) is 1. The van der Waals surface area contributed by atoms with Gasteiger partial charge < -0.3 is 9.84 Å². The standard InChI is InChI=1S/C18H24N4O4S2/c1-3-16-20-17(21-26-16)14-10-15(11(2)27-14)28(24,25)22-8-6-12(7-9-22)18(23)19-13-4-5-13/h10,12-13H,3-9H2,1-2H3,(H,19,23). The number of sulfonamides is 1. The van der Waals surface area contributed by atoms with Gasteiger partial charge in [0.2, 0.25) is 27.6 Å². The molecule has 1 N–H and O–H groups in total. The molecule has 1 aliphatic carbocycles. The maximum absolute atomic E-state index is 13.1. The van der Waals surface area contributed by atoms with E-state index < -0.39 is 10.0 Å². The molecule has 2 aromatic heterocycles. The van der Waals surface area contributed by atoms with Crippen LogP contribution >= 0.6 is 11.3 Å². The highest BCUT2D eigenvalue weighted by Gasteiger charge is 2.35. The van der Waals surface area contributed by atoms with Crippen LogP contribution in [0.5, 0.6) is 0 Å². The molecule has 0 atom stereocenters. The normalized spacial score (nSPS) is 19.1. The number of carbonyl (C=O) groups is 1. The lowest BCUT2D eigenvalue weighted by atomic mass is 9.97. The summed E-state index contributed by atoms with van der Waals surface area (Å²) in [4.78, 5) is 18.2. The van der Waals surface area contributed by atoms with Gasteiger partial charge in [-0.2, -0.15) is 9.29 Å². The smallest absolute Gasteiger partial charge is 0.244 e. The second-order valence-corrected chi connectivity index (χ2v) is 10.5. The minimum absolute atomic E-state index is 0.0670. The van der Waals surface area contributed by atoms with Crippen molar-refractivity contribution in [3.8, 4) is 10.7 Å². The van der Waals surface area contributed by atoms with Crippen LogP contribution in [0, 0.1) is 12.8 Å². The van der Waals surface area contributed by atoms with E-state index in [0.29, 0.717) is 59.9 Å². The molecule has 4 rings (SSSR count). The zero-order valence-electron chi connectivity index (χ0n) is 16.0. The monoisotopic (exact) mass is 424 g/mol. The van der Waals surface area contributed by atoms with E-state index in [2.05, 4.69) is 15.5 Å². The zero-order valence-corrected chi connectivity index (χ0v) is 17.6. The van der Waals surface area contributed by atoms with Crippen LogP contribution in [-0.4, -0.2) is 47.9 Å². The van der Waals surface area contributed by atoms with Crippen LogP contribution < -0.4 is 5.32 Å². The topological polar surface area (TPSA) is 105 Å². The maximum atomic E-state index is 13.1. The Bertz CT molecular complexity index is 970. The number of amides is 1. The minimum atomic E-state index is -3.61. The SMILES string of the molecule is CCc1nc(-c2cc(S(=O)(=O)N3CCC(C(=O)NC4CC4)CC3)c(C)s2)no1. The zero-order chi connectivity index (χ0) is 19.9. The summed E-state index contributed by atoms with van der Waals surface area (Å²) in [5.41, 5.74) is 0. The van der Waals surface area contributed by atoms with Crippen LogP contribution in [0.3, 0.4) is 0 Å². The number of hydrogen-bond acceptors (Lipinski definition) is 7. The fraction of sp³-hybridized carbons (Fsp3) is 0.611. The molecule has 0 aromatic carbocycles. The molecule has 28 heavy (non-hydrogen) atoms. The molecule has 1 aliphatic heterocycles. The Morgan fingerprint density at radius 1 is 1.32 bits per heavy atom. The van der Waals surface area contributed by atoms with Crippen molar-refractivity contribution in [2.45, 2.75) is 56.9 Å². The first-order chi connectivity index (χ1) is 13.4. The fourth-order valence-electron chi connectivity index (χ4n) is 3.37. The first-order valence-corrected chi connectivity index (χ1v) is 11.9. The summed E-state index contributed by atoms with van der Waals surface area (Å²) < 4.78 is 32.9. The Labute approximate surface area is 168 Å². The van der Waals surface area contributed by atoms with Gasteiger partial charge >= 0.3 is 0 Å². The van der Waals surface area contributed by atoms with E-state index in [9.17, 15) is 13.2 Å². The van der Waals surface area contributed by atoms with Crippen molar-refractivity contribution in [3.05, 3.63) is 16.8 Å². The molecule has 1 saturated heterocycles. The summed E-state index contributed by atoms with van der Waals surface area (Å²) in [6.45, 7) is 4.43. The lowest BCUT2D eigenvalue weighted by Crippen LogP contribution is -2.43. The van der Waals surface area contributed by atoms with Crippen LogP contribution in [0.1, 0.15) is 43.4 Å². The van der Waals surface area contributed by atoms with Crippen molar-refractivity contribution in [2.24, 2.45) is 5.92 Å². The number of thiophene rings is 1. The van der Waals surface area contributed by atoms with Crippen molar-refractivity contribution in [1.82, 2.24) is 19.8 Å². The van der Waals surface area contributed by atoms with Crippen molar-refractivity contribution in [1.29, 1.82) is 0 Å². The second kappa shape index (κ2) is 7.57. The van der Waals surface area contributed by atoms with E-state index in [-0.39, 0.29) is 16.7 Å². The first kappa shape index (κ1) is 19.5. The Morgan fingerprint density at radius 3 is 2.64 bits per heavy atom. The molecular weight excluding hydrogens is 400 g/mol. The molecule has 2 aliphatic rings. The predicted octanol–water partition coefficient (Wildman–Crippen LogP) is 2.35. The largest absolute Gasteiger partial charge is 0.353 e. The number of rotatable bonds is 6. The molecule has 2 aromatic rings. The molecule has 8 nitrogen and oxygen atoms in total. The van der Waals surface area contributed by atoms with Gasteiger partial charge in [-0.15, -0.1) is 11.3 Å². The van der Waals surface area contributed by atoms with Crippen LogP contribution in [0.2, 0.25) is 0 Å². The first-order valence-electron chi connectivity index (χ1n) is 9.62. The Kier molecular flexibility index (Phi) is 5.28. The summed E-state index contributed by atoms with van der Waals surface area (Å²) in [5, 5.41) is 6.95. The number of aryl methyl sites for hydroxylation is 2. The molecule has 152 valence electrons. The molecule has 1 saturated carbocycles. The van der Waals surface area contributed by atoms with Crippen LogP contribution in [-0.2, 0) is 21.2 Å². The van der Waals surface area contributed by atoms with Gasteiger partial charge in [0.25, 0.3) is 0 Å². The van der Waals surface area contributed by atoms with Crippen LogP contribution in [0.25, 0.3) is 10.7 Å². The van der Waals surface area contributed by atoms with Gasteiger partial charge in [-0.1, -0.05) is 12.1 Å². The van der Waals surface area contributed by atoms with E-state index in [1.165, 1.54) is 15.6 Å². The van der Waals surface area contributed by atoms with Gasteiger partial charge in [-0.3, -0.25) is 4.79 Å². The molecule has 2 fully saturated rings. The highest BCUT2D eigenvalue weighted by molar-refractivity contribution is 7.89. The van der Waals surface area contributed by atoms with E-state index in [0.717, 1.165) is 12.8 Å². The molecule has 3 heterocycles. The van der Waals surface area contributed by atoms with Gasteiger partial charge in [0.15, 0.2) is 0 Å². The number of nitrogens with one attached hydrogen (secondary N) is 1. The molecule has 1 amide bonds. The van der Waals surface area contributed by atoms with E-state index >= 15 is 0 Å². The van der Waals surface area contributed by atoms with E-state index in [4.69, 9.17) is 4.52 Å².